The highest BCUT2D eigenvalue weighted by atomic mass is 32.1. The Morgan fingerprint density at radius 2 is 2.25 bits per heavy atom. The monoisotopic (exact) mass is 349 g/mol. The van der Waals surface area contributed by atoms with Gasteiger partial charge in [-0.25, -0.2) is 4.98 Å². The van der Waals surface area contributed by atoms with Crippen molar-refractivity contribution in [1.82, 2.24) is 15.2 Å². The Hall–Kier alpha value is -1.70. The summed E-state index contributed by atoms with van der Waals surface area (Å²) >= 11 is 1.63. The van der Waals surface area contributed by atoms with Crippen molar-refractivity contribution in [3.05, 3.63) is 39.7 Å². The lowest BCUT2D eigenvalue weighted by Gasteiger charge is -2.25. The number of furan rings is 1. The summed E-state index contributed by atoms with van der Waals surface area (Å²) in [6, 6.07) is 1.82. The molecule has 0 unspecified atom stereocenters. The molecule has 7 heteroatoms. The van der Waals surface area contributed by atoms with Crippen LogP contribution in [0.5, 0.6) is 0 Å². The van der Waals surface area contributed by atoms with Crippen LogP contribution in [0.4, 0.5) is 0 Å². The number of ether oxygens (including phenoxy) is 1. The van der Waals surface area contributed by atoms with E-state index in [9.17, 15) is 4.79 Å². The van der Waals surface area contributed by atoms with Crippen LogP contribution in [0.2, 0.25) is 0 Å². The van der Waals surface area contributed by atoms with Gasteiger partial charge in [-0.2, -0.15) is 0 Å². The van der Waals surface area contributed by atoms with Crippen LogP contribution in [0.3, 0.4) is 0 Å². The van der Waals surface area contributed by atoms with Gasteiger partial charge in [0.1, 0.15) is 12.0 Å². The third-order valence-corrected chi connectivity index (χ3v) is 5.22. The van der Waals surface area contributed by atoms with E-state index in [2.05, 4.69) is 22.1 Å². The van der Waals surface area contributed by atoms with E-state index < -0.39 is 0 Å². The third-order valence-electron chi connectivity index (χ3n) is 4.03. The molecule has 1 amide bonds. The minimum absolute atomic E-state index is 0.105. The zero-order valence-electron chi connectivity index (χ0n) is 14.1. The van der Waals surface area contributed by atoms with E-state index in [0.29, 0.717) is 18.7 Å². The molecule has 1 atom stereocenters. The fraction of sp³-hybridized carbons (Fsp3) is 0.529. The van der Waals surface area contributed by atoms with Crippen LogP contribution < -0.4 is 5.32 Å². The van der Waals surface area contributed by atoms with Crippen molar-refractivity contribution in [3.63, 3.8) is 0 Å². The van der Waals surface area contributed by atoms with Gasteiger partial charge in [-0.05, 0) is 13.0 Å². The number of hydrogen-bond donors (Lipinski definition) is 1. The van der Waals surface area contributed by atoms with Crippen molar-refractivity contribution in [3.8, 4) is 0 Å². The molecule has 1 fully saturated rings. The Morgan fingerprint density at radius 1 is 1.46 bits per heavy atom. The molecule has 3 heterocycles. The second-order valence-electron chi connectivity index (χ2n) is 6.13. The molecule has 0 aromatic carbocycles. The van der Waals surface area contributed by atoms with Crippen molar-refractivity contribution >= 4 is 17.2 Å². The highest BCUT2D eigenvalue weighted by Crippen LogP contribution is 2.19. The molecule has 1 saturated heterocycles. The van der Waals surface area contributed by atoms with Crippen LogP contribution in [-0.4, -0.2) is 48.6 Å². The predicted octanol–water partition coefficient (Wildman–Crippen LogP) is 2.41. The molecule has 2 aromatic heterocycles. The van der Waals surface area contributed by atoms with E-state index in [-0.39, 0.29) is 11.8 Å². The summed E-state index contributed by atoms with van der Waals surface area (Å²) in [5.41, 5.74) is 1.59. The Balaban J connectivity index is 1.50. The topological polar surface area (TPSA) is 67.6 Å². The summed E-state index contributed by atoms with van der Waals surface area (Å²) in [7, 11) is 0. The standard InChI is InChI=1S/C17H23N3O3S/c1-12(17-19-13(2)11-24-17)8-18-16(21)14-7-15(23-10-14)9-20-3-5-22-6-4-20/h7,10-12H,3-6,8-9H2,1-2H3,(H,18,21)/t12-/m1/s1. The van der Waals surface area contributed by atoms with Crippen molar-refractivity contribution in [1.29, 1.82) is 0 Å². The van der Waals surface area contributed by atoms with Gasteiger partial charge in [0, 0.05) is 36.6 Å². The molecular formula is C17H23N3O3S. The third kappa shape index (κ3) is 4.43. The number of aromatic nitrogens is 1. The number of nitrogens with zero attached hydrogens (tertiary/aromatic N) is 2. The first-order chi connectivity index (χ1) is 11.6. The number of morpholine rings is 1. The van der Waals surface area contributed by atoms with Gasteiger partial charge in [0.05, 0.1) is 30.3 Å². The first-order valence-corrected chi connectivity index (χ1v) is 9.07. The summed E-state index contributed by atoms with van der Waals surface area (Å²) in [5, 5.41) is 6.04. The molecule has 0 bridgehead atoms. The van der Waals surface area contributed by atoms with E-state index in [1.54, 1.807) is 11.3 Å². The van der Waals surface area contributed by atoms with Crippen molar-refractivity contribution in [2.24, 2.45) is 0 Å². The number of thiazole rings is 1. The van der Waals surface area contributed by atoms with Gasteiger partial charge in [-0.15, -0.1) is 11.3 Å². The minimum Gasteiger partial charge on any atom is -0.467 e. The molecule has 0 radical (unpaired) electrons. The molecule has 0 aliphatic carbocycles. The van der Waals surface area contributed by atoms with E-state index in [4.69, 9.17) is 9.15 Å². The van der Waals surface area contributed by atoms with Crippen LogP contribution in [-0.2, 0) is 11.3 Å². The SMILES string of the molecule is Cc1csc([C@H](C)CNC(=O)c2coc(CN3CCOCC3)c2)n1. The van der Waals surface area contributed by atoms with Crippen LogP contribution in [0.15, 0.2) is 22.1 Å². The summed E-state index contributed by atoms with van der Waals surface area (Å²) < 4.78 is 10.9. The van der Waals surface area contributed by atoms with Gasteiger partial charge in [-0.1, -0.05) is 6.92 Å². The van der Waals surface area contributed by atoms with Crippen molar-refractivity contribution < 1.29 is 13.9 Å². The Kier molecular flexibility index (Phi) is 5.65. The second-order valence-corrected chi connectivity index (χ2v) is 7.02. The van der Waals surface area contributed by atoms with E-state index in [1.807, 2.05) is 18.4 Å². The van der Waals surface area contributed by atoms with Gasteiger partial charge in [0.15, 0.2) is 0 Å². The normalized spacial score (nSPS) is 16.9. The summed E-state index contributed by atoms with van der Waals surface area (Å²) in [4.78, 5) is 19.0. The average molecular weight is 349 g/mol. The molecule has 2 aromatic rings. The highest BCUT2D eigenvalue weighted by Gasteiger charge is 2.16. The zero-order valence-corrected chi connectivity index (χ0v) is 14.9. The van der Waals surface area contributed by atoms with E-state index in [0.717, 1.165) is 42.8 Å². The van der Waals surface area contributed by atoms with Crippen LogP contribution in [0, 0.1) is 6.92 Å². The minimum atomic E-state index is -0.105. The maximum absolute atomic E-state index is 12.3. The molecular weight excluding hydrogens is 326 g/mol. The van der Waals surface area contributed by atoms with Crippen LogP contribution in [0.1, 0.15) is 39.7 Å². The Bertz CT molecular complexity index is 676. The number of carbonyl (C=O) groups is 1. The lowest BCUT2D eigenvalue weighted by molar-refractivity contribution is 0.0313. The maximum atomic E-state index is 12.3. The second kappa shape index (κ2) is 7.92. The first-order valence-electron chi connectivity index (χ1n) is 8.19. The van der Waals surface area contributed by atoms with Gasteiger partial charge < -0.3 is 14.5 Å². The molecule has 1 aliphatic rings. The number of aryl methyl sites for hydroxylation is 1. The summed E-state index contributed by atoms with van der Waals surface area (Å²) in [6.07, 6.45) is 1.53. The van der Waals surface area contributed by atoms with E-state index >= 15 is 0 Å². The first kappa shape index (κ1) is 17.1. The molecule has 130 valence electrons. The van der Waals surface area contributed by atoms with Gasteiger partial charge in [0.25, 0.3) is 5.91 Å². The number of carbonyl (C=O) groups excluding carboxylic acids is 1. The quantitative estimate of drug-likeness (QED) is 0.867. The maximum Gasteiger partial charge on any atom is 0.254 e. The molecule has 1 aliphatic heterocycles. The molecule has 3 rings (SSSR count). The van der Waals surface area contributed by atoms with E-state index in [1.165, 1.54) is 6.26 Å². The fourth-order valence-corrected chi connectivity index (χ4v) is 3.45. The zero-order chi connectivity index (χ0) is 16.9. The van der Waals surface area contributed by atoms with Crippen LogP contribution in [0.25, 0.3) is 0 Å². The number of nitrogens with one attached hydrogen (secondary N) is 1. The lowest BCUT2D eigenvalue weighted by Crippen LogP contribution is -2.35. The lowest BCUT2D eigenvalue weighted by atomic mass is 10.2. The van der Waals surface area contributed by atoms with Crippen molar-refractivity contribution in [2.45, 2.75) is 26.3 Å². The van der Waals surface area contributed by atoms with Crippen molar-refractivity contribution in [2.75, 3.05) is 32.8 Å². The molecule has 24 heavy (non-hydrogen) atoms. The van der Waals surface area contributed by atoms with Gasteiger partial charge >= 0.3 is 0 Å². The fourth-order valence-electron chi connectivity index (χ4n) is 2.60. The predicted molar refractivity (Wildman–Crippen MR) is 92.4 cm³/mol. The number of hydrogen-bond acceptors (Lipinski definition) is 6. The Morgan fingerprint density at radius 3 is 2.96 bits per heavy atom. The summed E-state index contributed by atoms with van der Waals surface area (Å²) in [5.74, 6) is 0.908. The molecule has 6 nitrogen and oxygen atoms in total. The van der Waals surface area contributed by atoms with Crippen LogP contribution >= 0.6 is 11.3 Å². The Labute approximate surface area is 145 Å². The average Bonchev–Trinajstić information content (AvgIpc) is 3.22. The smallest absolute Gasteiger partial charge is 0.254 e. The largest absolute Gasteiger partial charge is 0.467 e. The van der Waals surface area contributed by atoms with Gasteiger partial charge in [0.2, 0.25) is 0 Å². The number of amides is 1. The molecule has 0 saturated carbocycles. The molecule has 0 spiro atoms. The molecule has 1 N–H and O–H groups in total. The highest BCUT2D eigenvalue weighted by molar-refractivity contribution is 7.09. The van der Waals surface area contributed by atoms with Gasteiger partial charge in [-0.3, -0.25) is 9.69 Å². The summed E-state index contributed by atoms with van der Waals surface area (Å²) in [6.45, 7) is 8.62. The number of rotatable bonds is 6.